The normalized spacial score (nSPS) is 10.8. The molecule has 1 aromatic heterocycles. The molecular weight excluding hydrogens is 494 g/mol. The molecule has 0 aliphatic heterocycles. The summed E-state index contributed by atoms with van der Waals surface area (Å²) >= 11 is 6.18. The Hall–Kier alpha value is -4.76. The van der Waals surface area contributed by atoms with Gasteiger partial charge in [0, 0.05) is 16.6 Å². The van der Waals surface area contributed by atoms with Crippen LogP contribution in [0.5, 0.6) is 5.75 Å². The van der Waals surface area contributed by atoms with Gasteiger partial charge in [0.2, 0.25) is 0 Å². The van der Waals surface area contributed by atoms with Crippen molar-refractivity contribution in [2.75, 3.05) is 17.2 Å². The van der Waals surface area contributed by atoms with Crippen LogP contribution in [-0.2, 0) is 9.59 Å². The molecule has 10 heteroatoms. The van der Waals surface area contributed by atoms with Crippen molar-refractivity contribution in [1.29, 1.82) is 0 Å². The summed E-state index contributed by atoms with van der Waals surface area (Å²) in [6.45, 7) is 2.41. The monoisotopic (exact) mass is 515 g/mol. The first-order chi connectivity index (χ1) is 17.9. The van der Waals surface area contributed by atoms with Crippen molar-refractivity contribution in [1.82, 2.24) is 10.4 Å². The number of anilines is 2. The van der Waals surface area contributed by atoms with Crippen molar-refractivity contribution < 1.29 is 19.1 Å². The Morgan fingerprint density at radius 3 is 2.46 bits per heavy atom. The van der Waals surface area contributed by atoms with E-state index in [2.05, 4.69) is 26.1 Å². The number of nitrogens with zero attached hydrogens (tertiary/aromatic N) is 2. The van der Waals surface area contributed by atoms with Gasteiger partial charge in [-0.15, -0.1) is 0 Å². The number of rotatable bonds is 7. The van der Waals surface area contributed by atoms with Crippen molar-refractivity contribution in [3.63, 3.8) is 0 Å². The van der Waals surface area contributed by atoms with Gasteiger partial charge in [0.05, 0.1) is 29.6 Å². The second-order valence-corrected chi connectivity index (χ2v) is 8.03. The molecule has 186 valence electrons. The number of benzene rings is 3. The molecule has 0 aliphatic rings. The number of amides is 3. The number of nitrogens with one attached hydrogen (secondary N) is 3. The number of carbonyl (C=O) groups excluding carboxylic acids is 3. The Kier molecular flexibility index (Phi) is 8.07. The van der Waals surface area contributed by atoms with Crippen LogP contribution in [0, 0.1) is 0 Å². The average Bonchev–Trinajstić information content (AvgIpc) is 2.90. The van der Waals surface area contributed by atoms with E-state index in [1.54, 1.807) is 42.5 Å². The number of carbonyl (C=O) groups is 3. The molecule has 37 heavy (non-hydrogen) atoms. The quantitative estimate of drug-likeness (QED) is 0.143. The van der Waals surface area contributed by atoms with Crippen LogP contribution in [0.1, 0.15) is 22.8 Å². The highest BCUT2D eigenvalue weighted by Crippen LogP contribution is 2.20. The zero-order chi connectivity index (χ0) is 26.2. The summed E-state index contributed by atoms with van der Waals surface area (Å²) in [5.41, 5.74) is 4.23. The minimum Gasteiger partial charge on any atom is -0.494 e. The highest BCUT2D eigenvalue weighted by Gasteiger charge is 2.18. The highest BCUT2D eigenvalue weighted by atomic mass is 35.5. The molecule has 4 aromatic rings. The van der Waals surface area contributed by atoms with Gasteiger partial charge in [-0.2, -0.15) is 5.10 Å². The molecule has 0 saturated heterocycles. The van der Waals surface area contributed by atoms with Crippen molar-refractivity contribution in [3.8, 4) is 5.75 Å². The van der Waals surface area contributed by atoms with Gasteiger partial charge < -0.3 is 15.4 Å². The van der Waals surface area contributed by atoms with E-state index in [4.69, 9.17) is 16.3 Å². The molecular formula is C27H22ClN5O4. The lowest BCUT2D eigenvalue weighted by Crippen LogP contribution is -2.33. The van der Waals surface area contributed by atoms with E-state index in [9.17, 15) is 14.4 Å². The maximum absolute atomic E-state index is 12.8. The van der Waals surface area contributed by atoms with Crippen LogP contribution < -0.4 is 20.8 Å². The Bertz CT molecular complexity index is 1490. The lowest BCUT2D eigenvalue weighted by atomic mass is 10.1. The number of ether oxygens (including phenoxy) is 1. The van der Waals surface area contributed by atoms with Gasteiger partial charge in [-0.3, -0.25) is 14.4 Å². The molecule has 0 saturated carbocycles. The summed E-state index contributed by atoms with van der Waals surface area (Å²) in [5.74, 6) is -1.80. The largest absolute Gasteiger partial charge is 0.494 e. The Balaban J connectivity index is 1.39. The number of hydrazone groups is 1. The molecule has 3 amide bonds. The van der Waals surface area contributed by atoms with Crippen molar-refractivity contribution in [2.45, 2.75) is 6.92 Å². The molecule has 0 bridgehead atoms. The van der Waals surface area contributed by atoms with E-state index in [1.807, 2.05) is 31.2 Å². The highest BCUT2D eigenvalue weighted by molar-refractivity contribution is 6.40. The number of para-hydroxylation sites is 2. The second kappa shape index (κ2) is 11.8. The zero-order valence-corrected chi connectivity index (χ0v) is 20.5. The van der Waals surface area contributed by atoms with Gasteiger partial charge in [0.1, 0.15) is 10.9 Å². The maximum atomic E-state index is 12.8. The smallest absolute Gasteiger partial charge is 0.329 e. The first-order valence-corrected chi connectivity index (χ1v) is 11.7. The van der Waals surface area contributed by atoms with Crippen LogP contribution in [-0.4, -0.2) is 35.5 Å². The molecule has 0 fully saturated rings. The van der Waals surface area contributed by atoms with Crippen LogP contribution in [0.3, 0.4) is 0 Å². The first-order valence-electron chi connectivity index (χ1n) is 11.3. The second-order valence-electron chi connectivity index (χ2n) is 7.67. The number of hydrogen-bond acceptors (Lipinski definition) is 6. The minimum atomic E-state index is -1.03. The van der Waals surface area contributed by atoms with Gasteiger partial charge in [-0.05, 0) is 55.5 Å². The van der Waals surface area contributed by atoms with Crippen LogP contribution in [0.2, 0.25) is 5.15 Å². The summed E-state index contributed by atoms with van der Waals surface area (Å²) in [6.07, 6.45) is 1.30. The fraction of sp³-hybridized carbons (Fsp3) is 0.0741. The molecule has 4 rings (SSSR count). The van der Waals surface area contributed by atoms with E-state index < -0.39 is 17.7 Å². The van der Waals surface area contributed by atoms with Crippen molar-refractivity contribution in [3.05, 3.63) is 95.1 Å². The van der Waals surface area contributed by atoms with E-state index in [1.165, 1.54) is 18.3 Å². The molecule has 0 aliphatic carbocycles. The average molecular weight is 516 g/mol. The standard InChI is InChI=1S/C27H22ClN5O4/c1-2-37-20-13-11-19(12-14-20)30-25(34)21-8-4-6-10-23(21)32-26(35)27(36)33-29-16-18-15-17-7-3-5-9-22(17)31-24(18)28/h3-16H,2H2,1H3,(H,30,34)(H,32,35)(H,33,36)/b29-16+. The Morgan fingerprint density at radius 2 is 1.68 bits per heavy atom. The van der Waals surface area contributed by atoms with Gasteiger partial charge in [-0.1, -0.05) is 41.9 Å². The first kappa shape index (κ1) is 25.3. The predicted molar refractivity (Wildman–Crippen MR) is 143 cm³/mol. The number of fused-ring (bicyclic) bond motifs is 1. The Morgan fingerprint density at radius 1 is 0.946 bits per heavy atom. The summed E-state index contributed by atoms with van der Waals surface area (Å²) in [5, 5.41) is 10.0. The fourth-order valence-corrected chi connectivity index (χ4v) is 3.57. The number of aromatic nitrogens is 1. The van der Waals surface area contributed by atoms with E-state index in [0.29, 0.717) is 23.6 Å². The Labute approximate surface area is 217 Å². The summed E-state index contributed by atoms with van der Waals surface area (Å²) in [7, 11) is 0. The van der Waals surface area contributed by atoms with Gasteiger partial charge in [0.25, 0.3) is 5.91 Å². The van der Waals surface area contributed by atoms with Crippen LogP contribution in [0.4, 0.5) is 11.4 Å². The zero-order valence-electron chi connectivity index (χ0n) is 19.7. The molecule has 3 aromatic carbocycles. The fourth-order valence-electron chi connectivity index (χ4n) is 3.38. The number of hydrogen-bond donors (Lipinski definition) is 3. The summed E-state index contributed by atoms with van der Waals surface area (Å²) < 4.78 is 5.39. The summed E-state index contributed by atoms with van der Waals surface area (Å²) in [6, 6.07) is 22.4. The predicted octanol–water partition coefficient (Wildman–Crippen LogP) is 4.63. The SMILES string of the molecule is CCOc1ccc(NC(=O)c2ccccc2NC(=O)C(=O)N/N=C/c2cc3ccccc3nc2Cl)cc1. The minimum absolute atomic E-state index is 0.164. The molecule has 3 N–H and O–H groups in total. The lowest BCUT2D eigenvalue weighted by Gasteiger charge is -2.11. The molecule has 9 nitrogen and oxygen atoms in total. The van der Waals surface area contributed by atoms with Gasteiger partial charge >= 0.3 is 11.8 Å². The molecule has 0 spiro atoms. The lowest BCUT2D eigenvalue weighted by molar-refractivity contribution is -0.136. The number of pyridine rings is 1. The molecule has 0 radical (unpaired) electrons. The summed E-state index contributed by atoms with van der Waals surface area (Å²) in [4.78, 5) is 41.8. The third-order valence-electron chi connectivity index (χ3n) is 5.12. The maximum Gasteiger partial charge on any atom is 0.329 e. The third kappa shape index (κ3) is 6.47. The topological polar surface area (TPSA) is 122 Å². The van der Waals surface area contributed by atoms with Gasteiger partial charge in [0.15, 0.2) is 0 Å². The van der Waals surface area contributed by atoms with Crippen molar-refractivity contribution >= 4 is 57.8 Å². The number of halogens is 1. The van der Waals surface area contributed by atoms with E-state index in [-0.39, 0.29) is 16.4 Å². The van der Waals surface area contributed by atoms with Crippen LogP contribution in [0.15, 0.2) is 84.0 Å². The van der Waals surface area contributed by atoms with Gasteiger partial charge in [-0.25, -0.2) is 10.4 Å². The molecule has 0 unspecified atom stereocenters. The van der Waals surface area contributed by atoms with E-state index in [0.717, 1.165) is 10.9 Å². The molecule has 0 atom stereocenters. The van der Waals surface area contributed by atoms with Crippen molar-refractivity contribution in [2.24, 2.45) is 5.10 Å². The van der Waals surface area contributed by atoms with Crippen LogP contribution >= 0.6 is 11.6 Å². The third-order valence-corrected chi connectivity index (χ3v) is 5.43. The van der Waals surface area contributed by atoms with E-state index >= 15 is 0 Å². The molecule has 1 heterocycles. The van der Waals surface area contributed by atoms with Crippen LogP contribution in [0.25, 0.3) is 10.9 Å².